The quantitative estimate of drug-likeness (QED) is 0.495. The van der Waals surface area contributed by atoms with Crippen LogP contribution in [0.5, 0.6) is 0 Å². The summed E-state index contributed by atoms with van der Waals surface area (Å²) in [6, 6.07) is 1.81. The van der Waals surface area contributed by atoms with E-state index in [4.69, 9.17) is 11.1 Å². The molecule has 1 saturated carbocycles. The lowest BCUT2D eigenvalue weighted by Crippen LogP contribution is -2.13. The van der Waals surface area contributed by atoms with E-state index in [-0.39, 0.29) is 5.84 Å². The molecule has 0 aliphatic heterocycles. The van der Waals surface area contributed by atoms with Crippen LogP contribution in [0.25, 0.3) is 0 Å². The van der Waals surface area contributed by atoms with Gasteiger partial charge in [0.1, 0.15) is 17.9 Å². The van der Waals surface area contributed by atoms with Crippen LogP contribution in [0, 0.1) is 5.41 Å². The Labute approximate surface area is 70.3 Å². The number of nitrogens with zero attached hydrogens (tertiary/aromatic N) is 2. The van der Waals surface area contributed by atoms with Crippen molar-refractivity contribution in [2.45, 2.75) is 18.8 Å². The molecule has 1 aliphatic carbocycles. The maximum Gasteiger partial charge on any atom is 0.141 e. The highest BCUT2D eigenvalue weighted by Gasteiger charge is 2.25. The number of rotatable bonds is 2. The molecule has 2 rings (SSSR count). The molecule has 3 N–H and O–H groups in total. The maximum atomic E-state index is 7.18. The summed E-state index contributed by atoms with van der Waals surface area (Å²) in [5, 5.41) is 7.18. The van der Waals surface area contributed by atoms with Gasteiger partial charge in [0.05, 0.1) is 0 Å². The summed E-state index contributed by atoms with van der Waals surface area (Å²) < 4.78 is 0. The fourth-order valence-electron chi connectivity index (χ4n) is 1.12. The van der Waals surface area contributed by atoms with Crippen LogP contribution in [0.2, 0.25) is 0 Å². The van der Waals surface area contributed by atoms with Gasteiger partial charge in [-0.25, -0.2) is 9.97 Å². The van der Waals surface area contributed by atoms with Crippen molar-refractivity contribution in [1.29, 1.82) is 5.41 Å². The van der Waals surface area contributed by atoms with Crippen LogP contribution in [0.4, 0.5) is 0 Å². The van der Waals surface area contributed by atoms with E-state index in [0.717, 1.165) is 5.69 Å². The molecule has 0 bridgehead atoms. The highest BCUT2D eigenvalue weighted by atomic mass is 14.9. The molecule has 0 spiro atoms. The van der Waals surface area contributed by atoms with Crippen molar-refractivity contribution in [3.63, 3.8) is 0 Å². The van der Waals surface area contributed by atoms with Crippen LogP contribution in [-0.2, 0) is 0 Å². The monoisotopic (exact) mass is 162 g/mol. The van der Waals surface area contributed by atoms with Crippen molar-refractivity contribution in [3.05, 3.63) is 23.8 Å². The Morgan fingerprint density at radius 3 is 2.83 bits per heavy atom. The van der Waals surface area contributed by atoms with Gasteiger partial charge in [-0.2, -0.15) is 0 Å². The van der Waals surface area contributed by atoms with E-state index in [1.807, 2.05) is 0 Å². The largest absolute Gasteiger partial charge is 0.382 e. The average molecular weight is 162 g/mol. The number of amidine groups is 1. The van der Waals surface area contributed by atoms with Gasteiger partial charge >= 0.3 is 0 Å². The second kappa shape index (κ2) is 2.55. The van der Waals surface area contributed by atoms with E-state index >= 15 is 0 Å². The molecule has 4 heteroatoms. The van der Waals surface area contributed by atoms with Crippen LogP contribution in [0.15, 0.2) is 12.4 Å². The minimum Gasteiger partial charge on any atom is -0.382 e. The zero-order valence-corrected chi connectivity index (χ0v) is 6.62. The first-order valence-electron chi connectivity index (χ1n) is 3.93. The molecular formula is C8H10N4. The van der Waals surface area contributed by atoms with Crippen LogP contribution in [0.3, 0.4) is 0 Å². The summed E-state index contributed by atoms with van der Waals surface area (Å²) in [4.78, 5) is 8.01. The van der Waals surface area contributed by atoms with E-state index in [2.05, 4.69) is 9.97 Å². The molecule has 0 saturated heterocycles. The minimum absolute atomic E-state index is 0.0132. The van der Waals surface area contributed by atoms with Gasteiger partial charge < -0.3 is 5.73 Å². The van der Waals surface area contributed by atoms with Crippen molar-refractivity contribution in [2.75, 3.05) is 0 Å². The number of nitrogens with one attached hydrogen (secondary N) is 1. The van der Waals surface area contributed by atoms with Gasteiger partial charge in [0.25, 0.3) is 0 Å². The zero-order chi connectivity index (χ0) is 8.55. The lowest BCUT2D eigenvalue weighted by molar-refractivity contribution is 0.979. The summed E-state index contributed by atoms with van der Waals surface area (Å²) in [5.41, 5.74) is 6.85. The predicted octanol–water partition coefficient (Wildman–Crippen LogP) is 0.638. The SMILES string of the molecule is N=C(N)c1cc(C2CC2)ncn1. The summed E-state index contributed by atoms with van der Waals surface area (Å²) in [5.74, 6) is 0.602. The summed E-state index contributed by atoms with van der Waals surface area (Å²) in [6.45, 7) is 0. The smallest absolute Gasteiger partial charge is 0.141 e. The third-order valence-corrected chi connectivity index (χ3v) is 1.96. The molecular weight excluding hydrogens is 152 g/mol. The minimum atomic E-state index is 0.0132. The Morgan fingerprint density at radius 2 is 2.25 bits per heavy atom. The molecule has 12 heavy (non-hydrogen) atoms. The van der Waals surface area contributed by atoms with Gasteiger partial charge in [-0.1, -0.05) is 0 Å². The van der Waals surface area contributed by atoms with Crippen LogP contribution in [-0.4, -0.2) is 15.8 Å². The molecule has 0 atom stereocenters. The Kier molecular flexibility index (Phi) is 1.53. The van der Waals surface area contributed by atoms with E-state index < -0.39 is 0 Å². The van der Waals surface area contributed by atoms with E-state index in [0.29, 0.717) is 11.6 Å². The van der Waals surface area contributed by atoms with Crippen molar-refractivity contribution in [2.24, 2.45) is 5.73 Å². The van der Waals surface area contributed by atoms with Gasteiger partial charge in [-0.15, -0.1) is 0 Å². The molecule has 62 valence electrons. The number of hydrogen-bond acceptors (Lipinski definition) is 3. The molecule has 1 aromatic rings. The van der Waals surface area contributed by atoms with Crippen LogP contribution in [0.1, 0.15) is 30.1 Å². The second-order valence-electron chi connectivity index (χ2n) is 3.02. The van der Waals surface area contributed by atoms with Crippen molar-refractivity contribution in [1.82, 2.24) is 9.97 Å². The number of nitrogens with two attached hydrogens (primary N) is 1. The Hall–Kier alpha value is -1.45. The van der Waals surface area contributed by atoms with E-state index in [9.17, 15) is 0 Å². The van der Waals surface area contributed by atoms with Crippen molar-refractivity contribution in [3.8, 4) is 0 Å². The summed E-state index contributed by atoms with van der Waals surface area (Å²) in [6.07, 6.45) is 3.88. The Bertz CT molecular complexity index is 317. The highest BCUT2D eigenvalue weighted by molar-refractivity contribution is 5.92. The first-order chi connectivity index (χ1) is 5.77. The summed E-state index contributed by atoms with van der Waals surface area (Å²) >= 11 is 0. The molecule has 1 heterocycles. The first-order valence-corrected chi connectivity index (χ1v) is 3.93. The van der Waals surface area contributed by atoms with Crippen LogP contribution >= 0.6 is 0 Å². The van der Waals surface area contributed by atoms with Crippen molar-refractivity contribution >= 4 is 5.84 Å². The topological polar surface area (TPSA) is 75.7 Å². The van der Waals surface area contributed by atoms with Gasteiger partial charge in [0.2, 0.25) is 0 Å². The normalized spacial score (nSPS) is 16.0. The fourth-order valence-corrected chi connectivity index (χ4v) is 1.12. The second-order valence-corrected chi connectivity index (χ2v) is 3.02. The number of hydrogen-bond donors (Lipinski definition) is 2. The molecule has 1 aliphatic rings. The molecule has 0 unspecified atom stereocenters. The van der Waals surface area contributed by atoms with Gasteiger partial charge in [-0.05, 0) is 18.9 Å². The zero-order valence-electron chi connectivity index (χ0n) is 6.62. The lowest BCUT2D eigenvalue weighted by Gasteiger charge is -1.99. The molecule has 0 radical (unpaired) electrons. The number of aromatic nitrogens is 2. The maximum absolute atomic E-state index is 7.18. The third kappa shape index (κ3) is 1.28. The molecule has 0 amide bonds. The van der Waals surface area contributed by atoms with Gasteiger partial charge in [-0.3, -0.25) is 5.41 Å². The predicted molar refractivity (Wildman–Crippen MR) is 45.0 cm³/mol. The summed E-state index contributed by atoms with van der Waals surface area (Å²) in [7, 11) is 0. The van der Waals surface area contributed by atoms with E-state index in [1.165, 1.54) is 19.2 Å². The third-order valence-electron chi connectivity index (χ3n) is 1.96. The molecule has 0 aromatic carbocycles. The standard InChI is InChI=1S/C8H10N4/c9-8(10)7-3-6(5-1-2-5)11-4-12-7/h3-5H,1-2H2,(H3,9,10). The number of nitrogen functional groups attached to an aromatic ring is 1. The lowest BCUT2D eigenvalue weighted by atomic mass is 10.2. The molecule has 1 fully saturated rings. The van der Waals surface area contributed by atoms with Gasteiger partial charge in [0, 0.05) is 11.6 Å². The molecule has 4 nitrogen and oxygen atoms in total. The Morgan fingerprint density at radius 1 is 1.50 bits per heavy atom. The first kappa shape index (κ1) is 7.21. The van der Waals surface area contributed by atoms with Gasteiger partial charge in [0.15, 0.2) is 0 Å². The molecule has 1 aromatic heterocycles. The average Bonchev–Trinajstić information content (AvgIpc) is 2.87. The Balaban J connectivity index is 2.32. The van der Waals surface area contributed by atoms with E-state index in [1.54, 1.807) is 6.07 Å². The fraction of sp³-hybridized carbons (Fsp3) is 0.375. The highest BCUT2D eigenvalue weighted by Crippen LogP contribution is 2.38. The van der Waals surface area contributed by atoms with Crippen LogP contribution < -0.4 is 5.73 Å². The van der Waals surface area contributed by atoms with Crippen molar-refractivity contribution < 1.29 is 0 Å².